The highest BCUT2D eigenvalue weighted by molar-refractivity contribution is 5.89. The van der Waals surface area contributed by atoms with Gasteiger partial charge in [-0.1, -0.05) is 48.6 Å². The van der Waals surface area contributed by atoms with E-state index in [1.54, 1.807) is 36.2 Å². The minimum absolute atomic E-state index is 0.254. The van der Waals surface area contributed by atoms with Gasteiger partial charge in [-0.15, -0.1) is 0 Å². The number of ether oxygens (including phenoxy) is 2. The van der Waals surface area contributed by atoms with Gasteiger partial charge in [-0.3, -0.25) is 4.79 Å². The van der Waals surface area contributed by atoms with Crippen molar-refractivity contribution in [1.82, 2.24) is 4.90 Å². The van der Waals surface area contributed by atoms with Gasteiger partial charge in [0.1, 0.15) is 12.4 Å². The van der Waals surface area contributed by atoms with Crippen LogP contribution in [-0.2, 0) is 20.9 Å². The topological polar surface area (TPSA) is 55.8 Å². The maximum absolute atomic E-state index is 12.2. The van der Waals surface area contributed by atoms with Crippen molar-refractivity contribution in [3.8, 4) is 5.75 Å². The van der Waals surface area contributed by atoms with E-state index < -0.39 is 5.97 Å². The number of esters is 1. The molecule has 2 aromatic carbocycles. The Labute approximate surface area is 172 Å². The van der Waals surface area contributed by atoms with Crippen LogP contribution in [0.3, 0.4) is 0 Å². The molecular weight excluding hydrogens is 366 g/mol. The van der Waals surface area contributed by atoms with Crippen molar-refractivity contribution in [2.24, 2.45) is 0 Å². The summed E-state index contributed by atoms with van der Waals surface area (Å²) >= 11 is 0. The van der Waals surface area contributed by atoms with Gasteiger partial charge in [0.25, 0.3) is 5.91 Å². The lowest BCUT2D eigenvalue weighted by molar-refractivity contribution is -0.147. The van der Waals surface area contributed by atoms with Crippen molar-refractivity contribution in [3.05, 3.63) is 83.4 Å². The highest BCUT2D eigenvalue weighted by Gasteiger charge is 2.12. The fourth-order valence-electron chi connectivity index (χ4n) is 2.65. The molecule has 29 heavy (non-hydrogen) atoms. The molecule has 1 amide bonds. The zero-order chi connectivity index (χ0) is 21.2. The molecule has 2 aromatic rings. The van der Waals surface area contributed by atoms with E-state index in [1.807, 2.05) is 38.1 Å². The number of aryl methyl sites for hydroxylation is 2. The molecule has 0 N–H and O–H groups in total. The fraction of sp³-hybridized carbons (Fsp3) is 0.250. The third kappa shape index (κ3) is 7.30. The van der Waals surface area contributed by atoms with Crippen LogP contribution in [0.1, 0.15) is 22.3 Å². The minimum Gasteiger partial charge on any atom is -0.490 e. The molecule has 152 valence electrons. The third-order valence-corrected chi connectivity index (χ3v) is 4.33. The van der Waals surface area contributed by atoms with Crippen molar-refractivity contribution in [1.29, 1.82) is 0 Å². The minimum atomic E-state index is -0.565. The number of hydrogen-bond donors (Lipinski definition) is 0. The zero-order valence-electron chi connectivity index (χ0n) is 17.2. The predicted octanol–water partition coefficient (Wildman–Crippen LogP) is 4.08. The first-order chi connectivity index (χ1) is 13.9. The lowest BCUT2D eigenvalue weighted by atomic mass is 10.1. The molecule has 0 aliphatic heterocycles. The molecule has 0 aromatic heterocycles. The summed E-state index contributed by atoms with van der Waals surface area (Å²) in [5.74, 6) is -0.0947. The van der Waals surface area contributed by atoms with Crippen LogP contribution in [-0.4, -0.2) is 37.0 Å². The summed E-state index contributed by atoms with van der Waals surface area (Å²) in [5, 5.41) is 0. The van der Waals surface area contributed by atoms with Gasteiger partial charge in [0.2, 0.25) is 0 Å². The molecule has 0 aliphatic carbocycles. The first kappa shape index (κ1) is 22.0. The summed E-state index contributed by atoms with van der Waals surface area (Å²) < 4.78 is 10.5. The maximum Gasteiger partial charge on any atom is 0.331 e. The van der Waals surface area contributed by atoms with E-state index in [1.165, 1.54) is 11.6 Å². The summed E-state index contributed by atoms with van der Waals surface area (Å²) in [6, 6.07) is 13.4. The van der Waals surface area contributed by atoms with E-state index in [-0.39, 0.29) is 12.5 Å². The first-order valence-corrected chi connectivity index (χ1v) is 9.37. The van der Waals surface area contributed by atoms with Crippen LogP contribution >= 0.6 is 0 Å². The average Bonchev–Trinajstić information content (AvgIpc) is 2.71. The number of benzene rings is 2. The highest BCUT2D eigenvalue weighted by atomic mass is 16.5. The second-order valence-electron chi connectivity index (χ2n) is 6.79. The normalized spacial score (nSPS) is 10.6. The molecule has 0 unspecified atom stereocenters. The molecule has 2 rings (SSSR count). The number of amides is 1. The number of hydrogen-bond acceptors (Lipinski definition) is 4. The second kappa shape index (κ2) is 10.9. The lowest BCUT2D eigenvalue weighted by Gasteiger charge is -2.18. The quantitative estimate of drug-likeness (QED) is 0.366. The summed E-state index contributed by atoms with van der Waals surface area (Å²) in [7, 11) is 1.70. The van der Waals surface area contributed by atoms with E-state index in [2.05, 4.69) is 12.6 Å². The van der Waals surface area contributed by atoms with E-state index >= 15 is 0 Å². The Kier molecular flexibility index (Phi) is 8.22. The molecule has 0 saturated heterocycles. The second-order valence-corrected chi connectivity index (χ2v) is 6.79. The van der Waals surface area contributed by atoms with Crippen LogP contribution < -0.4 is 4.74 Å². The monoisotopic (exact) mass is 393 g/mol. The first-order valence-electron chi connectivity index (χ1n) is 9.37. The lowest BCUT2D eigenvalue weighted by Crippen LogP contribution is -2.30. The summed E-state index contributed by atoms with van der Waals surface area (Å²) in [5.41, 5.74) is 4.20. The molecule has 0 atom stereocenters. The highest BCUT2D eigenvalue weighted by Crippen LogP contribution is 2.14. The van der Waals surface area contributed by atoms with Gasteiger partial charge < -0.3 is 14.4 Å². The van der Waals surface area contributed by atoms with Gasteiger partial charge in [-0.05, 0) is 48.7 Å². The Morgan fingerprint density at radius 3 is 2.48 bits per heavy atom. The summed E-state index contributed by atoms with van der Waals surface area (Å²) in [6.45, 7) is 8.26. The van der Waals surface area contributed by atoms with E-state index in [0.717, 1.165) is 22.4 Å². The SMILES string of the molecule is C=CCOc1ccc(/C=C/C(=O)OCC(=O)N(C)Cc2ccc(C)cc2C)cc1. The predicted molar refractivity (Wildman–Crippen MR) is 115 cm³/mol. The van der Waals surface area contributed by atoms with Crippen LogP contribution in [0.25, 0.3) is 6.08 Å². The van der Waals surface area contributed by atoms with Crippen LogP contribution in [0.15, 0.2) is 61.2 Å². The number of rotatable bonds is 9. The molecule has 0 aliphatic rings. The van der Waals surface area contributed by atoms with Crippen molar-refractivity contribution < 1.29 is 19.1 Å². The van der Waals surface area contributed by atoms with Crippen molar-refractivity contribution in [2.45, 2.75) is 20.4 Å². The van der Waals surface area contributed by atoms with Crippen LogP contribution in [0.4, 0.5) is 0 Å². The maximum atomic E-state index is 12.2. The Bertz CT molecular complexity index is 884. The molecule has 0 spiro atoms. The Balaban J connectivity index is 1.80. The fourth-order valence-corrected chi connectivity index (χ4v) is 2.65. The van der Waals surface area contributed by atoms with Gasteiger partial charge in [-0.2, -0.15) is 0 Å². The smallest absolute Gasteiger partial charge is 0.331 e. The van der Waals surface area contributed by atoms with Crippen LogP contribution in [0, 0.1) is 13.8 Å². The number of nitrogens with zero attached hydrogens (tertiary/aromatic N) is 1. The molecule has 0 heterocycles. The van der Waals surface area contributed by atoms with E-state index in [9.17, 15) is 9.59 Å². The van der Waals surface area contributed by atoms with E-state index in [0.29, 0.717) is 13.2 Å². The molecule has 0 bridgehead atoms. The Morgan fingerprint density at radius 1 is 1.10 bits per heavy atom. The van der Waals surface area contributed by atoms with Crippen molar-refractivity contribution >= 4 is 18.0 Å². The van der Waals surface area contributed by atoms with Gasteiger partial charge in [0.15, 0.2) is 6.61 Å². The van der Waals surface area contributed by atoms with Gasteiger partial charge in [-0.25, -0.2) is 4.79 Å². The van der Waals surface area contributed by atoms with Gasteiger partial charge in [0.05, 0.1) is 0 Å². The zero-order valence-corrected chi connectivity index (χ0v) is 17.2. The summed E-state index contributed by atoms with van der Waals surface area (Å²) in [6.07, 6.45) is 4.60. The van der Waals surface area contributed by atoms with Gasteiger partial charge >= 0.3 is 5.97 Å². The van der Waals surface area contributed by atoms with E-state index in [4.69, 9.17) is 9.47 Å². The largest absolute Gasteiger partial charge is 0.490 e. The standard InChI is InChI=1S/C24H27NO4/c1-5-14-28-22-11-7-20(8-12-22)9-13-24(27)29-17-23(26)25(4)16-21-10-6-18(2)15-19(21)3/h5-13,15H,1,14,16-17H2,2-4H3/b13-9+. The Morgan fingerprint density at radius 2 is 1.83 bits per heavy atom. The Hall–Kier alpha value is -3.34. The number of likely N-dealkylation sites (N-methyl/N-ethyl adjacent to an activating group) is 1. The van der Waals surface area contributed by atoms with Crippen molar-refractivity contribution in [2.75, 3.05) is 20.3 Å². The van der Waals surface area contributed by atoms with Crippen LogP contribution in [0.5, 0.6) is 5.75 Å². The molecule has 5 heteroatoms. The molecule has 0 radical (unpaired) electrons. The number of carbonyl (C=O) groups excluding carboxylic acids is 2. The van der Waals surface area contributed by atoms with Crippen molar-refractivity contribution in [3.63, 3.8) is 0 Å². The summed E-state index contributed by atoms with van der Waals surface area (Å²) in [4.78, 5) is 25.7. The van der Waals surface area contributed by atoms with Gasteiger partial charge in [0, 0.05) is 19.7 Å². The third-order valence-electron chi connectivity index (χ3n) is 4.33. The molecule has 0 fully saturated rings. The molecular formula is C24H27NO4. The average molecular weight is 393 g/mol. The molecule has 0 saturated carbocycles. The number of carbonyl (C=O) groups is 2. The van der Waals surface area contributed by atoms with Crippen LogP contribution in [0.2, 0.25) is 0 Å². The molecule has 5 nitrogen and oxygen atoms in total.